The Morgan fingerprint density at radius 2 is 1.48 bits per heavy atom. The van der Waals surface area contributed by atoms with Crippen LogP contribution in [0.1, 0.15) is 16.7 Å². The van der Waals surface area contributed by atoms with Crippen molar-refractivity contribution in [1.82, 2.24) is 14.9 Å². The lowest BCUT2D eigenvalue weighted by Gasteiger charge is -2.36. The van der Waals surface area contributed by atoms with Gasteiger partial charge in [-0.2, -0.15) is 31.3 Å². The Morgan fingerprint density at radius 1 is 0.796 bits per heavy atom. The van der Waals surface area contributed by atoms with Gasteiger partial charge >= 0.3 is 23.9 Å². The van der Waals surface area contributed by atoms with Crippen LogP contribution in [0.5, 0.6) is 0 Å². The molecule has 282 valence electrons. The molecule has 0 saturated carbocycles. The van der Waals surface area contributed by atoms with Crippen molar-refractivity contribution >= 4 is 69.5 Å². The molecule has 3 aliphatic rings. The number of benzene rings is 3. The van der Waals surface area contributed by atoms with Crippen molar-refractivity contribution in [2.24, 2.45) is 0 Å². The zero-order valence-electron chi connectivity index (χ0n) is 28.1. The molecule has 2 amide bonds. The normalized spacial score (nSPS) is 15.3. The number of Topliss-reactive ketones (excluding diaryl/α,β-unsaturated/α-hetero) is 2. The fourth-order valence-electron chi connectivity index (χ4n) is 6.22. The van der Waals surface area contributed by atoms with Crippen molar-refractivity contribution in [2.75, 3.05) is 53.2 Å². The number of piperazine rings is 1. The molecule has 0 aliphatic carbocycles. The maximum absolute atomic E-state index is 13.5. The lowest BCUT2D eigenvalue weighted by atomic mass is 9.97. The van der Waals surface area contributed by atoms with Crippen LogP contribution >= 0.6 is 11.6 Å². The molecule has 0 radical (unpaired) electrons. The number of para-hydroxylation sites is 1. The quantitative estimate of drug-likeness (QED) is 0.184. The van der Waals surface area contributed by atoms with E-state index in [1.165, 1.54) is 0 Å². The van der Waals surface area contributed by atoms with E-state index in [1.54, 1.807) is 11.1 Å². The molecule has 18 heteroatoms. The number of fused-ring (bicyclic) bond motifs is 8. The number of hydrogen-bond donors (Lipinski definition) is 2. The van der Waals surface area contributed by atoms with Gasteiger partial charge in [-0.15, -0.1) is 0 Å². The van der Waals surface area contributed by atoms with Crippen LogP contribution in [0.3, 0.4) is 0 Å². The van der Waals surface area contributed by atoms with E-state index in [4.69, 9.17) is 11.6 Å². The van der Waals surface area contributed by atoms with Gasteiger partial charge in [0.05, 0.1) is 18.3 Å². The minimum Gasteiger partial charge on any atom is -0.368 e. The highest BCUT2D eigenvalue weighted by atomic mass is 35.5. The molecule has 1 aromatic heterocycles. The summed E-state index contributed by atoms with van der Waals surface area (Å²) in [5, 5.41) is 6.98. The molecule has 0 spiro atoms. The zero-order valence-corrected chi connectivity index (χ0v) is 28.9. The number of halogens is 7. The predicted molar refractivity (Wildman–Crippen MR) is 187 cm³/mol. The van der Waals surface area contributed by atoms with E-state index >= 15 is 0 Å². The Morgan fingerprint density at radius 3 is 2.15 bits per heavy atom. The number of anilines is 6. The standard InChI is InChI=1S/C32H30ClN7O2.C4F6O2/c33-27-19-34-32-36-23-6-4-5-21(15-23)9-10-22-16-24(35-31(27)37-32)17-28-26(22)18-29(41)40(28)20-30(42)39-13-11-38(12-14-39)25-7-2-1-3-8-25;5-3(6,7)1(11)2(12)4(8,9)10/h1-8,15-17,19H,9-14,18,20H2,(H2,34,35,36,37);. The average Bonchev–Trinajstić information content (AvgIpc) is 3.45. The smallest absolute Gasteiger partial charge is 0.368 e. The Balaban J connectivity index is 0.000000359. The SMILES string of the molecule is O=C(C(=O)C(F)(F)F)C(F)(F)F.O=C(CN1C(=O)Cc2c3cc(cc21)Nc1nc(ncc1Cl)Nc1cccc(c1)CC3)N1CCN(c2ccccc2)CC1. The largest absolute Gasteiger partial charge is 0.458 e. The third-order valence-electron chi connectivity index (χ3n) is 8.88. The fourth-order valence-corrected chi connectivity index (χ4v) is 6.36. The zero-order chi connectivity index (χ0) is 38.8. The summed E-state index contributed by atoms with van der Waals surface area (Å²) in [7, 11) is 0. The molecule has 1 saturated heterocycles. The minimum absolute atomic E-state index is 0.0183. The van der Waals surface area contributed by atoms with Crippen LogP contribution in [0.15, 0.2) is 72.9 Å². The second-order valence-corrected chi connectivity index (χ2v) is 12.9. The van der Waals surface area contributed by atoms with Gasteiger partial charge < -0.3 is 25.3 Å². The van der Waals surface area contributed by atoms with Gasteiger partial charge in [0.1, 0.15) is 11.6 Å². The molecule has 2 N–H and O–H groups in total. The van der Waals surface area contributed by atoms with Crippen LogP contribution in [0.25, 0.3) is 0 Å². The Bertz CT molecular complexity index is 2070. The van der Waals surface area contributed by atoms with Gasteiger partial charge in [0, 0.05) is 43.2 Å². The van der Waals surface area contributed by atoms with Gasteiger partial charge in [-0.05, 0) is 65.9 Å². The van der Waals surface area contributed by atoms with E-state index in [2.05, 4.69) is 55.8 Å². The lowest BCUT2D eigenvalue weighted by molar-refractivity contribution is -0.193. The summed E-state index contributed by atoms with van der Waals surface area (Å²) in [6.45, 7) is 2.78. The summed E-state index contributed by atoms with van der Waals surface area (Å²) in [5.41, 5.74) is 6.78. The highest BCUT2D eigenvalue weighted by Crippen LogP contribution is 2.37. The molecule has 3 aliphatic heterocycles. The van der Waals surface area contributed by atoms with Crippen molar-refractivity contribution in [3.05, 3.63) is 94.6 Å². The van der Waals surface area contributed by atoms with E-state index in [-0.39, 0.29) is 24.8 Å². The third-order valence-corrected chi connectivity index (χ3v) is 9.16. The van der Waals surface area contributed by atoms with Crippen molar-refractivity contribution in [1.29, 1.82) is 0 Å². The van der Waals surface area contributed by atoms with Crippen LogP contribution in [0, 0.1) is 0 Å². The number of carbonyl (C=O) groups is 4. The first-order valence-corrected chi connectivity index (χ1v) is 16.9. The molecule has 6 bridgehead atoms. The van der Waals surface area contributed by atoms with Gasteiger partial charge in [0.25, 0.3) is 0 Å². The number of aryl methyl sites for hydroxylation is 2. The molecule has 3 aromatic carbocycles. The number of alkyl halides is 6. The number of aromatic nitrogens is 2. The summed E-state index contributed by atoms with van der Waals surface area (Å²) in [5.74, 6) is -6.03. The van der Waals surface area contributed by atoms with E-state index in [0.717, 1.165) is 65.4 Å². The van der Waals surface area contributed by atoms with Crippen LogP contribution in [-0.2, 0) is 38.4 Å². The topological polar surface area (TPSA) is 128 Å². The predicted octanol–water partition coefficient (Wildman–Crippen LogP) is 6.20. The number of carbonyl (C=O) groups excluding carboxylic acids is 4. The van der Waals surface area contributed by atoms with E-state index in [1.807, 2.05) is 41.3 Å². The van der Waals surface area contributed by atoms with Crippen molar-refractivity contribution in [3.63, 3.8) is 0 Å². The van der Waals surface area contributed by atoms with Crippen molar-refractivity contribution < 1.29 is 45.5 Å². The monoisotopic (exact) mass is 773 g/mol. The summed E-state index contributed by atoms with van der Waals surface area (Å²) in [6, 6.07) is 22.4. The van der Waals surface area contributed by atoms with E-state index < -0.39 is 23.9 Å². The van der Waals surface area contributed by atoms with Crippen LogP contribution < -0.4 is 20.4 Å². The maximum atomic E-state index is 13.5. The second-order valence-electron chi connectivity index (χ2n) is 12.5. The first-order valence-electron chi connectivity index (χ1n) is 16.5. The molecule has 4 aromatic rings. The molecule has 54 heavy (non-hydrogen) atoms. The highest BCUT2D eigenvalue weighted by molar-refractivity contribution is 6.41. The number of rotatable bonds is 4. The number of nitrogens with zero attached hydrogens (tertiary/aromatic N) is 5. The third kappa shape index (κ3) is 8.73. The van der Waals surface area contributed by atoms with Crippen molar-refractivity contribution in [3.8, 4) is 0 Å². The Hall–Kier alpha value is -5.71. The van der Waals surface area contributed by atoms with Crippen LogP contribution in [0.2, 0.25) is 5.02 Å². The summed E-state index contributed by atoms with van der Waals surface area (Å²) in [4.78, 5) is 60.8. The Labute approximate surface area is 308 Å². The average molecular weight is 774 g/mol. The fraction of sp³-hybridized carbons (Fsp3) is 0.278. The summed E-state index contributed by atoms with van der Waals surface area (Å²) < 4.78 is 67.0. The number of amides is 2. The van der Waals surface area contributed by atoms with Gasteiger partial charge in [-0.3, -0.25) is 19.2 Å². The molecular weight excluding hydrogens is 744 g/mol. The minimum atomic E-state index is -5.77. The van der Waals surface area contributed by atoms with E-state index in [0.29, 0.717) is 29.9 Å². The molecule has 1 fully saturated rings. The molecule has 4 heterocycles. The summed E-state index contributed by atoms with van der Waals surface area (Å²) >= 11 is 6.47. The number of hydrogen-bond acceptors (Lipinski definition) is 9. The number of ketones is 2. The molecular formula is C36H30ClF6N7O4. The first-order chi connectivity index (χ1) is 25.6. The van der Waals surface area contributed by atoms with Gasteiger partial charge in [0.15, 0.2) is 5.82 Å². The van der Waals surface area contributed by atoms with Crippen LogP contribution in [0.4, 0.5) is 60.9 Å². The van der Waals surface area contributed by atoms with Crippen molar-refractivity contribution in [2.45, 2.75) is 31.6 Å². The highest BCUT2D eigenvalue weighted by Gasteiger charge is 2.54. The molecule has 7 rings (SSSR count). The maximum Gasteiger partial charge on any atom is 0.458 e. The summed E-state index contributed by atoms with van der Waals surface area (Å²) in [6.07, 6.45) is -8.17. The van der Waals surface area contributed by atoms with Gasteiger partial charge in [-0.25, -0.2) is 4.98 Å². The molecule has 11 nitrogen and oxygen atoms in total. The van der Waals surface area contributed by atoms with E-state index in [9.17, 15) is 45.5 Å². The number of nitrogens with one attached hydrogen (secondary N) is 2. The molecule has 0 atom stereocenters. The van der Waals surface area contributed by atoms with Crippen LogP contribution in [-0.4, -0.2) is 83.3 Å². The van der Waals surface area contributed by atoms with Gasteiger partial charge in [0.2, 0.25) is 17.8 Å². The first kappa shape index (κ1) is 38.0. The Kier molecular flexibility index (Phi) is 10.8. The molecule has 0 unspecified atom stereocenters. The lowest BCUT2D eigenvalue weighted by Crippen LogP contribution is -2.51. The van der Waals surface area contributed by atoms with Gasteiger partial charge in [-0.1, -0.05) is 41.9 Å². The second kappa shape index (κ2) is 15.3.